The van der Waals surface area contributed by atoms with E-state index in [0.29, 0.717) is 0 Å². The van der Waals surface area contributed by atoms with Crippen LogP contribution in [0.4, 0.5) is 5.69 Å². The van der Waals surface area contributed by atoms with Crippen molar-refractivity contribution >= 4 is 38.6 Å². The van der Waals surface area contributed by atoms with E-state index >= 15 is 0 Å². The van der Waals surface area contributed by atoms with E-state index < -0.39 is 0 Å². The van der Waals surface area contributed by atoms with Crippen molar-refractivity contribution in [2.75, 3.05) is 17.2 Å². The van der Waals surface area contributed by atoms with Gasteiger partial charge in [0.15, 0.2) is 0 Å². The topological polar surface area (TPSA) is 12.0 Å². The molecule has 1 N–H and O–H groups in total. The van der Waals surface area contributed by atoms with Crippen molar-refractivity contribution in [3.8, 4) is 0 Å². The predicted molar refractivity (Wildman–Crippen MR) is 68.5 cm³/mol. The average molecular weight is 309 g/mol. The molecule has 0 fully saturated rings. The number of halogens is 2. The fraction of sp³-hybridized carbons (Fsp3) is 0.400. The highest BCUT2D eigenvalue weighted by atomic mass is 79.9. The molecule has 0 saturated heterocycles. The molecule has 1 nitrogen and oxygen atoms in total. The van der Waals surface area contributed by atoms with Gasteiger partial charge in [0.25, 0.3) is 0 Å². The summed E-state index contributed by atoms with van der Waals surface area (Å²) in [7, 11) is 0. The molecule has 74 valence electrons. The molecule has 0 saturated carbocycles. The summed E-state index contributed by atoms with van der Waals surface area (Å²) < 4.78 is 0. The molecule has 1 aromatic carbocycles. The number of nitrogens with one attached hydrogen (secondary N) is 1. The molecule has 0 amide bonds. The third kappa shape index (κ3) is 3.69. The van der Waals surface area contributed by atoms with Crippen LogP contribution >= 0.6 is 32.9 Å². The number of aryl methyl sites for hydroxylation is 2. The van der Waals surface area contributed by atoms with Crippen molar-refractivity contribution in [2.24, 2.45) is 0 Å². The Morgan fingerprint density at radius 2 is 1.77 bits per heavy atom. The Hall–Kier alpha value is -0.0200. The van der Waals surface area contributed by atoms with Gasteiger partial charge in [0.05, 0.1) is 0 Å². The standard InChI is InChI=1S/C10H14BrN.BrH/c1-8-4-3-5-9(2)10(8)12-7-6-11;/h3-5,12H,6-7H2,1-2H3;1H. The minimum Gasteiger partial charge on any atom is -0.384 e. The van der Waals surface area contributed by atoms with E-state index in [2.05, 4.69) is 53.3 Å². The minimum absolute atomic E-state index is 0. The van der Waals surface area contributed by atoms with Gasteiger partial charge in [-0.2, -0.15) is 0 Å². The lowest BCUT2D eigenvalue weighted by Gasteiger charge is -2.10. The molecule has 1 aromatic rings. The van der Waals surface area contributed by atoms with E-state index in [1.54, 1.807) is 0 Å². The first-order valence-corrected chi connectivity index (χ1v) is 5.24. The Balaban J connectivity index is 0.00000144. The largest absolute Gasteiger partial charge is 0.384 e. The third-order valence-corrected chi connectivity index (χ3v) is 2.27. The summed E-state index contributed by atoms with van der Waals surface area (Å²) in [4.78, 5) is 0. The lowest BCUT2D eigenvalue weighted by molar-refractivity contribution is 1.20. The van der Waals surface area contributed by atoms with Crippen LogP contribution in [0.2, 0.25) is 0 Å². The molecular formula is C10H15Br2N. The predicted octanol–water partition coefficient (Wildman–Crippen LogP) is 3.69. The van der Waals surface area contributed by atoms with E-state index in [-0.39, 0.29) is 17.0 Å². The first-order chi connectivity index (χ1) is 5.75. The summed E-state index contributed by atoms with van der Waals surface area (Å²) in [5.41, 5.74) is 3.91. The highest BCUT2D eigenvalue weighted by Gasteiger charge is 1.98. The summed E-state index contributed by atoms with van der Waals surface area (Å²) in [5, 5.41) is 4.37. The lowest BCUT2D eigenvalue weighted by atomic mass is 10.1. The van der Waals surface area contributed by atoms with E-state index in [9.17, 15) is 0 Å². The van der Waals surface area contributed by atoms with Gasteiger partial charge in [-0.3, -0.25) is 0 Å². The molecule has 0 radical (unpaired) electrons. The summed E-state index contributed by atoms with van der Waals surface area (Å²) in [6, 6.07) is 6.34. The molecule has 1 rings (SSSR count). The van der Waals surface area contributed by atoms with Crippen LogP contribution in [-0.4, -0.2) is 11.9 Å². The molecular weight excluding hydrogens is 294 g/mol. The van der Waals surface area contributed by atoms with Gasteiger partial charge in [-0.15, -0.1) is 17.0 Å². The number of anilines is 1. The SMILES string of the molecule is Br.Cc1cccc(C)c1NCCBr. The molecule has 3 heteroatoms. The second-order valence-electron chi connectivity index (χ2n) is 2.88. The van der Waals surface area contributed by atoms with Crippen molar-refractivity contribution in [1.82, 2.24) is 0 Å². The van der Waals surface area contributed by atoms with E-state index in [1.165, 1.54) is 16.8 Å². The lowest BCUT2D eigenvalue weighted by Crippen LogP contribution is -2.05. The van der Waals surface area contributed by atoms with Crippen molar-refractivity contribution < 1.29 is 0 Å². The molecule has 0 heterocycles. The van der Waals surface area contributed by atoms with E-state index in [1.807, 2.05) is 0 Å². The fourth-order valence-corrected chi connectivity index (χ4v) is 1.46. The Morgan fingerprint density at radius 1 is 1.23 bits per heavy atom. The summed E-state index contributed by atoms with van der Waals surface area (Å²) >= 11 is 3.39. The molecule has 0 aliphatic carbocycles. The first-order valence-electron chi connectivity index (χ1n) is 4.11. The normalized spacial score (nSPS) is 9.15. The second-order valence-corrected chi connectivity index (χ2v) is 3.68. The Labute approximate surface area is 98.8 Å². The van der Waals surface area contributed by atoms with Crippen LogP contribution < -0.4 is 5.32 Å². The first kappa shape index (κ1) is 13.0. The van der Waals surface area contributed by atoms with Gasteiger partial charge in [0.1, 0.15) is 0 Å². The maximum atomic E-state index is 3.39. The van der Waals surface area contributed by atoms with Gasteiger partial charge in [0, 0.05) is 17.6 Å². The van der Waals surface area contributed by atoms with Crippen LogP contribution in [0.3, 0.4) is 0 Å². The summed E-state index contributed by atoms with van der Waals surface area (Å²) in [6.45, 7) is 5.23. The Bertz CT molecular complexity index is 241. The Kier molecular flexibility index (Phi) is 6.43. The molecule has 0 aromatic heterocycles. The van der Waals surface area contributed by atoms with Crippen molar-refractivity contribution in [1.29, 1.82) is 0 Å². The zero-order chi connectivity index (χ0) is 8.97. The Morgan fingerprint density at radius 3 is 2.23 bits per heavy atom. The van der Waals surface area contributed by atoms with Crippen molar-refractivity contribution in [2.45, 2.75) is 13.8 Å². The molecule has 0 atom stereocenters. The molecule has 0 aliphatic rings. The molecule has 0 unspecified atom stereocenters. The highest BCUT2D eigenvalue weighted by molar-refractivity contribution is 9.09. The van der Waals surface area contributed by atoms with Crippen LogP contribution in [0.15, 0.2) is 18.2 Å². The third-order valence-electron chi connectivity index (χ3n) is 1.88. The molecule has 0 aliphatic heterocycles. The summed E-state index contributed by atoms with van der Waals surface area (Å²) in [6.07, 6.45) is 0. The van der Waals surface area contributed by atoms with Crippen LogP contribution in [0.25, 0.3) is 0 Å². The summed E-state index contributed by atoms with van der Waals surface area (Å²) in [5.74, 6) is 0. The zero-order valence-corrected chi connectivity index (χ0v) is 11.2. The minimum atomic E-state index is 0. The van der Waals surface area contributed by atoms with Crippen molar-refractivity contribution in [3.63, 3.8) is 0 Å². The number of hydrogen-bond acceptors (Lipinski definition) is 1. The smallest absolute Gasteiger partial charge is 0.0399 e. The second kappa shape index (κ2) is 6.44. The van der Waals surface area contributed by atoms with E-state index in [0.717, 1.165) is 11.9 Å². The number of alkyl halides is 1. The highest BCUT2D eigenvalue weighted by Crippen LogP contribution is 2.18. The molecule has 0 bridgehead atoms. The quantitative estimate of drug-likeness (QED) is 0.840. The van der Waals surface area contributed by atoms with Gasteiger partial charge < -0.3 is 5.32 Å². The van der Waals surface area contributed by atoms with Gasteiger partial charge in [-0.05, 0) is 25.0 Å². The van der Waals surface area contributed by atoms with Crippen LogP contribution in [0.5, 0.6) is 0 Å². The molecule has 13 heavy (non-hydrogen) atoms. The number of rotatable bonds is 3. The maximum Gasteiger partial charge on any atom is 0.0399 e. The van der Waals surface area contributed by atoms with Crippen LogP contribution in [-0.2, 0) is 0 Å². The number of benzene rings is 1. The van der Waals surface area contributed by atoms with Gasteiger partial charge >= 0.3 is 0 Å². The maximum absolute atomic E-state index is 3.39. The molecule has 0 spiro atoms. The van der Waals surface area contributed by atoms with Crippen LogP contribution in [0, 0.1) is 13.8 Å². The average Bonchev–Trinajstić information content (AvgIpc) is 2.04. The zero-order valence-electron chi connectivity index (χ0n) is 7.93. The van der Waals surface area contributed by atoms with Crippen LogP contribution in [0.1, 0.15) is 11.1 Å². The fourth-order valence-electron chi connectivity index (χ4n) is 1.27. The van der Waals surface area contributed by atoms with E-state index in [4.69, 9.17) is 0 Å². The van der Waals surface area contributed by atoms with Crippen molar-refractivity contribution in [3.05, 3.63) is 29.3 Å². The number of para-hydroxylation sites is 1. The van der Waals surface area contributed by atoms with Gasteiger partial charge in [0.2, 0.25) is 0 Å². The monoisotopic (exact) mass is 307 g/mol. The van der Waals surface area contributed by atoms with Gasteiger partial charge in [-0.25, -0.2) is 0 Å². The number of hydrogen-bond donors (Lipinski definition) is 1. The van der Waals surface area contributed by atoms with Gasteiger partial charge in [-0.1, -0.05) is 34.1 Å².